The van der Waals surface area contributed by atoms with Gasteiger partial charge in [0.05, 0.1) is 41.3 Å². The number of nitrogens with one attached hydrogen (secondary N) is 2. The Hall–Kier alpha value is -4.79. The minimum atomic E-state index is -2.06. The highest BCUT2D eigenvalue weighted by molar-refractivity contribution is 6.32. The molecular weight excluding hydrogens is 676 g/mol. The smallest absolute Gasteiger partial charge is 0.312 e. The van der Waals surface area contributed by atoms with Crippen molar-refractivity contribution in [2.75, 3.05) is 14.2 Å². The van der Waals surface area contributed by atoms with E-state index in [1.54, 1.807) is 39.8 Å². The molecule has 4 aliphatic rings. The first kappa shape index (κ1) is 40.0. The zero-order valence-corrected chi connectivity index (χ0v) is 31.0. The van der Waals surface area contributed by atoms with Crippen LogP contribution in [0, 0.1) is 30.6 Å². The number of aromatic hydroxyl groups is 1. The second-order valence-electron chi connectivity index (χ2n) is 13.8. The molecule has 1 amide bonds. The summed E-state index contributed by atoms with van der Waals surface area (Å²) in [6, 6.07) is 0. The summed E-state index contributed by atoms with van der Waals surface area (Å²) in [5.74, 6) is -9.19. The molecule has 14 nitrogen and oxygen atoms in total. The van der Waals surface area contributed by atoms with Crippen molar-refractivity contribution in [3.63, 3.8) is 0 Å². The van der Waals surface area contributed by atoms with E-state index >= 15 is 0 Å². The predicted molar refractivity (Wildman–Crippen MR) is 187 cm³/mol. The lowest BCUT2D eigenvalue weighted by molar-refractivity contribution is -0.160. The van der Waals surface area contributed by atoms with E-state index in [0.717, 1.165) is 6.26 Å². The molecule has 5 rings (SSSR count). The van der Waals surface area contributed by atoms with Crippen LogP contribution in [0.25, 0.3) is 0 Å². The molecule has 0 spiro atoms. The van der Waals surface area contributed by atoms with Crippen LogP contribution in [0.15, 0.2) is 47.5 Å². The van der Waals surface area contributed by atoms with Gasteiger partial charge < -0.3 is 44.9 Å². The maximum absolute atomic E-state index is 14.1. The molecular formula is C38H48N2O12. The van der Waals surface area contributed by atoms with Crippen molar-refractivity contribution in [2.45, 2.75) is 85.6 Å². The SMILES string of the molecule is CNC1=C2NC(=O)/C(C)=C\C=C\[C@H](C)[C@H](O)[C@@H](C)[C@@H](O)[C@H](C)[C@H](OC(C)=O)[C@@H](C)[C@@H](OC)/C=C/O[C@@]3(C)Oc4c(C)c(O)c(c(c4C3=O)C1=O)C2=O. The van der Waals surface area contributed by atoms with Gasteiger partial charge >= 0.3 is 11.8 Å². The maximum atomic E-state index is 14.1. The van der Waals surface area contributed by atoms with Crippen molar-refractivity contribution < 1.29 is 58.2 Å². The number of fused-ring (bicyclic) bond motifs is 14. The molecule has 1 aromatic rings. The number of esters is 1. The van der Waals surface area contributed by atoms with Crippen LogP contribution < -0.4 is 15.4 Å². The lowest BCUT2D eigenvalue weighted by Gasteiger charge is -2.38. The number of carbonyl (C=O) groups is 5. The first-order valence-corrected chi connectivity index (χ1v) is 17.0. The molecule has 5 bridgehead atoms. The van der Waals surface area contributed by atoms with Gasteiger partial charge in [0.15, 0.2) is 0 Å². The van der Waals surface area contributed by atoms with Crippen molar-refractivity contribution in [3.8, 4) is 11.5 Å². The Bertz CT molecular complexity index is 1790. The molecule has 14 heteroatoms. The lowest BCUT2D eigenvalue weighted by Crippen LogP contribution is -2.46. The van der Waals surface area contributed by atoms with Crippen LogP contribution in [0.1, 0.15) is 85.1 Å². The summed E-state index contributed by atoms with van der Waals surface area (Å²) in [6.45, 7) is 12.3. The number of Topliss-reactive ketones (excluding diaryl/α,β-unsaturated/α-hetero) is 3. The van der Waals surface area contributed by atoms with Crippen molar-refractivity contribution >= 4 is 29.2 Å². The summed E-state index contributed by atoms with van der Waals surface area (Å²) in [4.78, 5) is 67.5. The number of allylic oxidation sites excluding steroid dienone is 4. The largest absolute Gasteiger partial charge is 0.507 e. The average molecular weight is 725 g/mol. The molecule has 0 unspecified atom stereocenters. The molecule has 0 fully saturated rings. The Kier molecular flexibility index (Phi) is 11.9. The van der Waals surface area contributed by atoms with E-state index in [4.69, 9.17) is 18.9 Å². The number of phenolic OH excluding ortho intramolecular Hbond substituents is 1. The lowest BCUT2D eigenvalue weighted by atomic mass is 9.78. The summed E-state index contributed by atoms with van der Waals surface area (Å²) in [6.07, 6.45) is 3.38. The van der Waals surface area contributed by atoms with Gasteiger partial charge in [0.1, 0.15) is 29.0 Å². The third-order valence-electron chi connectivity index (χ3n) is 10.2. The van der Waals surface area contributed by atoms with E-state index in [2.05, 4.69) is 10.6 Å². The van der Waals surface area contributed by atoms with Crippen molar-refractivity contribution in [1.82, 2.24) is 10.6 Å². The minimum Gasteiger partial charge on any atom is -0.507 e. The summed E-state index contributed by atoms with van der Waals surface area (Å²) in [5, 5.41) is 39.0. The van der Waals surface area contributed by atoms with Gasteiger partial charge in [-0.25, -0.2) is 0 Å². The van der Waals surface area contributed by atoms with Gasteiger partial charge in [0, 0.05) is 62.8 Å². The molecule has 0 aromatic heterocycles. The first-order chi connectivity index (χ1) is 24.3. The van der Waals surface area contributed by atoms with Gasteiger partial charge in [-0.2, -0.15) is 0 Å². The minimum absolute atomic E-state index is 0.00410. The number of ether oxygens (including phenoxy) is 4. The van der Waals surface area contributed by atoms with Crippen LogP contribution in [-0.4, -0.2) is 88.9 Å². The zero-order valence-electron chi connectivity index (χ0n) is 31.0. The molecule has 5 N–H and O–H groups in total. The number of amides is 1. The average Bonchev–Trinajstić information content (AvgIpc) is 3.36. The summed E-state index contributed by atoms with van der Waals surface area (Å²) in [7, 11) is 2.79. The van der Waals surface area contributed by atoms with Crippen LogP contribution in [0.5, 0.6) is 11.5 Å². The Morgan fingerprint density at radius 2 is 1.60 bits per heavy atom. The predicted octanol–water partition coefficient (Wildman–Crippen LogP) is 3.18. The third-order valence-corrected chi connectivity index (χ3v) is 10.2. The molecule has 1 aromatic carbocycles. The number of rotatable bonds is 3. The maximum Gasteiger partial charge on any atom is 0.312 e. The summed E-state index contributed by atoms with van der Waals surface area (Å²) in [5.41, 5.74) is -1.75. The molecule has 3 heterocycles. The number of phenols is 1. The number of carbonyl (C=O) groups excluding carboxylic acids is 5. The Balaban J connectivity index is 1.88. The van der Waals surface area contributed by atoms with Gasteiger partial charge in [-0.3, -0.25) is 24.0 Å². The number of hydrogen-bond donors (Lipinski definition) is 5. The second kappa shape index (κ2) is 15.4. The normalized spacial score (nSPS) is 33.7. The molecule has 282 valence electrons. The Labute approximate surface area is 302 Å². The van der Waals surface area contributed by atoms with Crippen LogP contribution in [0.3, 0.4) is 0 Å². The highest BCUT2D eigenvalue weighted by Crippen LogP contribution is 2.48. The van der Waals surface area contributed by atoms with Crippen LogP contribution in [-0.2, 0) is 23.8 Å². The molecule has 0 saturated heterocycles. The fourth-order valence-corrected chi connectivity index (χ4v) is 6.93. The number of aliphatic hydroxyl groups is 2. The van der Waals surface area contributed by atoms with Gasteiger partial charge in [-0.1, -0.05) is 45.9 Å². The number of methoxy groups -OCH3 is 1. The summed E-state index contributed by atoms with van der Waals surface area (Å²) < 4.78 is 23.2. The zero-order chi connectivity index (χ0) is 39.0. The Morgan fingerprint density at radius 3 is 2.19 bits per heavy atom. The van der Waals surface area contributed by atoms with Gasteiger partial charge in [-0.05, 0) is 19.9 Å². The van der Waals surface area contributed by atoms with Crippen molar-refractivity contribution in [3.05, 3.63) is 69.8 Å². The number of likely N-dealkylation sites (N-methyl/N-ethyl adjacent to an activating group) is 1. The third kappa shape index (κ3) is 7.14. The molecule has 52 heavy (non-hydrogen) atoms. The molecule has 1 aliphatic carbocycles. The van der Waals surface area contributed by atoms with Gasteiger partial charge in [0.2, 0.25) is 11.6 Å². The number of ketones is 3. The van der Waals surface area contributed by atoms with E-state index in [-0.39, 0.29) is 28.1 Å². The highest BCUT2D eigenvalue weighted by Gasteiger charge is 2.52. The summed E-state index contributed by atoms with van der Waals surface area (Å²) >= 11 is 0. The van der Waals surface area contributed by atoms with Crippen molar-refractivity contribution in [2.24, 2.45) is 23.7 Å². The van der Waals surface area contributed by atoms with E-state index in [1.807, 2.05) is 0 Å². The number of benzene rings is 1. The van der Waals surface area contributed by atoms with E-state index in [9.17, 15) is 39.3 Å². The molecule has 0 saturated carbocycles. The van der Waals surface area contributed by atoms with Gasteiger partial charge in [-0.15, -0.1) is 0 Å². The number of aliphatic hydroxyl groups excluding tert-OH is 2. The van der Waals surface area contributed by atoms with E-state index in [1.165, 1.54) is 54.0 Å². The molecule has 0 radical (unpaired) electrons. The standard InChI is InChI=1S/C38H48N2O12/c1-16-12-11-13-17(2)37(48)40-28-27(39-9)32(45)24-25(33(28)46)31(44)21(6)35-26(24)36(47)38(8,52-35)50-15-14-23(49-10)18(3)34(51-22(7)41)20(5)30(43)19(4)29(16)42/h11-16,18-20,23,29-30,34,39,42-44H,1-10H3,(H,40,48)/b12-11+,15-14+,17-13-/t16-,18-,19+,20-,23-,29-,30+,34+,38-/m0/s1. The van der Waals surface area contributed by atoms with E-state index < -0.39 is 106 Å². The fraction of sp³-hybridized carbons (Fsp3) is 0.500. The van der Waals surface area contributed by atoms with Crippen molar-refractivity contribution in [1.29, 1.82) is 0 Å². The Morgan fingerprint density at radius 1 is 0.942 bits per heavy atom. The highest BCUT2D eigenvalue weighted by atomic mass is 16.7. The topological polar surface area (TPSA) is 207 Å². The second-order valence-corrected chi connectivity index (χ2v) is 13.8. The van der Waals surface area contributed by atoms with Crippen LogP contribution in [0.4, 0.5) is 0 Å². The fourth-order valence-electron chi connectivity index (χ4n) is 6.93. The number of hydrogen-bond acceptors (Lipinski definition) is 13. The monoisotopic (exact) mass is 724 g/mol. The van der Waals surface area contributed by atoms with Crippen LogP contribution in [0.2, 0.25) is 0 Å². The molecule has 3 aliphatic heterocycles. The van der Waals surface area contributed by atoms with Crippen LogP contribution >= 0.6 is 0 Å². The quantitative estimate of drug-likeness (QED) is 0.285. The molecule has 9 atom stereocenters. The van der Waals surface area contributed by atoms with E-state index in [0.29, 0.717) is 0 Å². The van der Waals surface area contributed by atoms with Gasteiger partial charge in [0.25, 0.3) is 11.7 Å². The first-order valence-electron chi connectivity index (χ1n) is 17.0.